The maximum Gasteiger partial charge on any atom is 0.150 e. The second kappa shape index (κ2) is 9.77. The quantitative estimate of drug-likeness (QED) is 0.506. The number of thioether (sulfide) groups is 1. The normalized spacial score (nSPS) is 21.0. The number of Topliss-reactive ketones (excluding diaryl/α,β-unsaturated/α-hetero) is 1. The molecule has 0 saturated carbocycles. The molecule has 1 saturated heterocycles. The molecule has 160 valence electrons. The molecule has 0 radical (unpaired) electrons. The molecule has 31 heavy (non-hydrogen) atoms. The minimum Gasteiger partial charge on any atom is -0.497 e. The van der Waals surface area contributed by atoms with Crippen LogP contribution < -0.4 is 14.8 Å². The lowest BCUT2D eigenvalue weighted by Gasteiger charge is -2.37. The van der Waals surface area contributed by atoms with Gasteiger partial charge in [0.1, 0.15) is 17.3 Å². The highest BCUT2D eigenvalue weighted by atomic mass is 35.5. The summed E-state index contributed by atoms with van der Waals surface area (Å²) in [5, 5.41) is 4.16. The third-order valence-electron chi connectivity index (χ3n) is 5.48. The molecular formula is C25H24ClNO3S. The summed E-state index contributed by atoms with van der Waals surface area (Å²) in [4.78, 5) is 14.4. The zero-order valence-corrected chi connectivity index (χ0v) is 19.0. The first-order valence-electron chi connectivity index (χ1n) is 10.1. The molecule has 1 fully saturated rings. The molecule has 3 aromatic carbocycles. The molecule has 0 amide bonds. The van der Waals surface area contributed by atoms with Crippen molar-refractivity contribution in [3.8, 4) is 11.5 Å². The number of ether oxygens (including phenoxy) is 2. The van der Waals surface area contributed by atoms with Crippen molar-refractivity contribution in [1.29, 1.82) is 0 Å². The van der Waals surface area contributed by atoms with E-state index in [4.69, 9.17) is 21.1 Å². The van der Waals surface area contributed by atoms with E-state index in [0.717, 1.165) is 27.5 Å². The van der Waals surface area contributed by atoms with Crippen molar-refractivity contribution in [3.05, 3.63) is 88.9 Å². The molecule has 0 bridgehead atoms. The summed E-state index contributed by atoms with van der Waals surface area (Å²) in [5.74, 6) is 1.81. The van der Waals surface area contributed by atoms with Crippen LogP contribution in [-0.2, 0) is 4.79 Å². The molecule has 1 aliphatic heterocycles. The van der Waals surface area contributed by atoms with E-state index in [1.54, 1.807) is 26.0 Å². The number of piperidine rings is 1. The fourth-order valence-electron chi connectivity index (χ4n) is 3.79. The number of carbonyl (C=O) groups is 1. The average molecular weight is 454 g/mol. The first-order chi connectivity index (χ1) is 15.1. The minimum atomic E-state index is -0.246. The van der Waals surface area contributed by atoms with Crippen molar-refractivity contribution in [2.45, 2.75) is 28.6 Å². The molecule has 3 atom stereocenters. The number of hydrogen-bond acceptors (Lipinski definition) is 5. The van der Waals surface area contributed by atoms with E-state index in [-0.39, 0.29) is 23.1 Å². The van der Waals surface area contributed by atoms with Crippen molar-refractivity contribution < 1.29 is 14.3 Å². The molecule has 4 nitrogen and oxygen atoms in total. The van der Waals surface area contributed by atoms with Crippen LogP contribution in [0.1, 0.15) is 29.6 Å². The van der Waals surface area contributed by atoms with Gasteiger partial charge in [0.25, 0.3) is 0 Å². The lowest BCUT2D eigenvalue weighted by molar-refractivity contribution is -0.121. The van der Waals surface area contributed by atoms with Gasteiger partial charge >= 0.3 is 0 Å². The maximum absolute atomic E-state index is 13.3. The van der Waals surface area contributed by atoms with Gasteiger partial charge in [-0.3, -0.25) is 4.79 Å². The Balaban J connectivity index is 1.64. The summed E-state index contributed by atoms with van der Waals surface area (Å²) in [5.41, 5.74) is 2.13. The van der Waals surface area contributed by atoms with Gasteiger partial charge in [0, 0.05) is 22.4 Å². The topological polar surface area (TPSA) is 47.6 Å². The van der Waals surface area contributed by atoms with Crippen molar-refractivity contribution >= 4 is 29.1 Å². The third-order valence-corrected chi connectivity index (χ3v) is 7.06. The van der Waals surface area contributed by atoms with Crippen LogP contribution in [0.5, 0.6) is 11.5 Å². The van der Waals surface area contributed by atoms with E-state index in [1.807, 2.05) is 72.8 Å². The van der Waals surface area contributed by atoms with Gasteiger partial charge < -0.3 is 14.8 Å². The molecule has 3 aromatic rings. The molecule has 0 spiro atoms. The van der Waals surface area contributed by atoms with Gasteiger partial charge in [-0.2, -0.15) is 0 Å². The van der Waals surface area contributed by atoms with Crippen LogP contribution in [0, 0.1) is 0 Å². The number of ketones is 1. The monoisotopic (exact) mass is 453 g/mol. The number of nitrogens with one attached hydrogen (secondary N) is 1. The Morgan fingerprint density at radius 1 is 0.839 bits per heavy atom. The smallest absolute Gasteiger partial charge is 0.150 e. The minimum absolute atomic E-state index is 0.0624. The van der Waals surface area contributed by atoms with Crippen LogP contribution in [0.25, 0.3) is 0 Å². The molecule has 0 aromatic heterocycles. The Hall–Kier alpha value is -2.47. The second-order valence-electron chi connectivity index (χ2n) is 7.41. The van der Waals surface area contributed by atoms with Gasteiger partial charge in [0.15, 0.2) is 0 Å². The number of hydrogen-bond donors (Lipinski definition) is 1. The van der Waals surface area contributed by atoms with E-state index < -0.39 is 0 Å². The highest BCUT2D eigenvalue weighted by molar-refractivity contribution is 8.00. The predicted octanol–water partition coefficient (Wildman–Crippen LogP) is 5.86. The predicted molar refractivity (Wildman–Crippen MR) is 125 cm³/mol. The number of methoxy groups -OCH3 is 2. The fourth-order valence-corrected chi connectivity index (χ4v) is 5.10. The van der Waals surface area contributed by atoms with E-state index in [2.05, 4.69) is 5.32 Å². The maximum atomic E-state index is 13.3. The van der Waals surface area contributed by atoms with E-state index >= 15 is 0 Å². The van der Waals surface area contributed by atoms with Gasteiger partial charge in [-0.05, 0) is 59.7 Å². The number of benzene rings is 3. The molecule has 1 heterocycles. The van der Waals surface area contributed by atoms with Crippen molar-refractivity contribution in [1.82, 2.24) is 5.32 Å². The van der Waals surface area contributed by atoms with Crippen molar-refractivity contribution in [3.63, 3.8) is 0 Å². The zero-order valence-electron chi connectivity index (χ0n) is 17.4. The van der Waals surface area contributed by atoms with Gasteiger partial charge in [-0.1, -0.05) is 35.9 Å². The van der Waals surface area contributed by atoms with E-state index in [1.165, 1.54) is 0 Å². The van der Waals surface area contributed by atoms with Crippen molar-refractivity contribution in [2.75, 3.05) is 14.2 Å². The first kappa shape index (κ1) is 21.8. The Labute approximate surface area is 191 Å². The number of rotatable bonds is 6. The highest BCUT2D eigenvalue weighted by Crippen LogP contribution is 2.40. The fraction of sp³-hybridized carbons (Fsp3) is 0.240. The SMILES string of the molecule is COc1ccc(C2CC(=O)C(Sc3ccc(Cl)cc3)C(c3ccc(OC)cc3)N2)cc1. The summed E-state index contributed by atoms with van der Waals surface area (Å²) in [6.07, 6.45) is 0.435. The van der Waals surface area contributed by atoms with Crippen LogP contribution in [0.3, 0.4) is 0 Å². The van der Waals surface area contributed by atoms with E-state index in [9.17, 15) is 4.79 Å². The van der Waals surface area contributed by atoms with Gasteiger partial charge in [0.2, 0.25) is 0 Å². The summed E-state index contributed by atoms with van der Waals surface area (Å²) >= 11 is 7.61. The van der Waals surface area contributed by atoms with Gasteiger partial charge in [0.05, 0.1) is 25.5 Å². The molecule has 1 N–H and O–H groups in total. The Morgan fingerprint density at radius 3 is 1.94 bits per heavy atom. The van der Waals surface area contributed by atoms with Crippen LogP contribution in [-0.4, -0.2) is 25.3 Å². The molecule has 3 unspecified atom stereocenters. The molecular weight excluding hydrogens is 430 g/mol. The first-order valence-corrected chi connectivity index (χ1v) is 11.3. The summed E-state index contributed by atoms with van der Waals surface area (Å²) in [7, 11) is 3.30. The molecule has 1 aliphatic rings. The number of carbonyl (C=O) groups excluding carboxylic acids is 1. The largest absolute Gasteiger partial charge is 0.497 e. The Kier molecular flexibility index (Phi) is 6.86. The van der Waals surface area contributed by atoms with E-state index in [0.29, 0.717) is 11.4 Å². The lowest BCUT2D eigenvalue weighted by atomic mass is 9.89. The number of halogens is 1. The summed E-state index contributed by atoms with van der Waals surface area (Å²) in [6, 6.07) is 23.2. The second-order valence-corrected chi connectivity index (χ2v) is 9.06. The molecule has 4 rings (SSSR count). The van der Waals surface area contributed by atoms with Crippen LogP contribution in [0.2, 0.25) is 5.02 Å². The molecule has 0 aliphatic carbocycles. The standard InChI is InChI=1S/C25H24ClNO3S/c1-29-19-9-3-16(4-10-19)22-15-23(28)25(31-21-13-7-18(26)8-14-21)24(27-22)17-5-11-20(30-2)12-6-17/h3-14,22,24-25,27H,15H2,1-2H3. The van der Waals surface area contributed by atoms with Gasteiger partial charge in [-0.15, -0.1) is 11.8 Å². The average Bonchev–Trinajstić information content (AvgIpc) is 2.81. The third kappa shape index (κ3) is 5.06. The lowest BCUT2D eigenvalue weighted by Crippen LogP contribution is -2.44. The Bertz CT molecular complexity index is 1020. The Morgan fingerprint density at radius 2 is 1.39 bits per heavy atom. The zero-order chi connectivity index (χ0) is 21.8. The van der Waals surface area contributed by atoms with Crippen molar-refractivity contribution in [2.24, 2.45) is 0 Å². The molecule has 6 heteroatoms. The van der Waals surface area contributed by atoms with Crippen LogP contribution in [0.15, 0.2) is 77.7 Å². The van der Waals surface area contributed by atoms with Gasteiger partial charge in [-0.25, -0.2) is 0 Å². The van der Waals surface area contributed by atoms with Crippen LogP contribution in [0.4, 0.5) is 0 Å². The van der Waals surface area contributed by atoms with Crippen LogP contribution >= 0.6 is 23.4 Å². The highest BCUT2D eigenvalue weighted by Gasteiger charge is 2.38. The summed E-state index contributed by atoms with van der Waals surface area (Å²) in [6.45, 7) is 0. The summed E-state index contributed by atoms with van der Waals surface area (Å²) < 4.78 is 10.6.